The molecule has 0 aliphatic heterocycles. The number of hydrogen-bond acceptors (Lipinski definition) is 2. The molecule has 0 aromatic heterocycles. The van der Waals surface area contributed by atoms with Crippen molar-refractivity contribution < 1.29 is 14.7 Å². The Morgan fingerprint density at radius 1 is 1.25 bits per heavy atom. The number of aryl methyl sites for hydroxylation is 1. The second-order valence-corrected chi connectivity index (χ2v) is 5.77. The van der Waals surface area contributed by atoms with E-state index in [4.69, 9.17) is 0 Å². The predicted molar refractivity (Wildman–Crippen MR) is 77.7 cm³/mol. The number of hydrogen-bond donors (Lipinski definition) is 2. The normalized spacial score (nSPS) is 16.9. The van der Waals surface area contributed by atoms with Gasteiger partial charge in [-0.1, -0.05) is 25.0 Å². The summed E-state index contributed by atoms with van der Waals surface area (Å²) in [6.45, 7) is 3.94. The van der Waals surface area contributed by atoms with E-state index in [1.165, 1.54) is 0 Å². The molecule has 2 N–H and O–H groups in total. The number of carboxylic acids is 1. The topological polar surface area (TPSA) is 66.4 Å². The van der Waals surface area contributed by atoms with Gasteiger partial charge in [0.25, 0.3) is 0 Å². The Morgan fingerprint density at radius 3 is 2.50 bits per heavy atom. The Labute approximate surface area is 119 Å². The predicted octanol–water partition coefficient (Wildman–Crippen LogP) is 3.28. The highest BCUT2D eigenvalue weighted by molar-refractivity contribution is 5.95. The molecule has 20 heavy (non-hydrogen) atoms. The number of amides is 1. The summed E-state index contributed by atoms with van der Waals surface area (Å²) < 4.78 is 0. The molecule has 0 bridgehead atoms. The van der Waals surface area contributed by atoms with E-state index in [9.17, 15) is 14.7 Å². The molecule has 108 valence electrons. The van der Waals surface area contributed by atoms with E-state index < -0.39 is 11.4 Å². The van der Waals surface area contributed by atoms with Crippen molar-refractivity contribution in [2.45, 2.75) is 46.0 Å². The first-order chi connectivity index (χ1) is 9.44. The molecule has 4 nitrogen and oxygen atoms in total. The maximum atomic E-state index is 12.2. The summed E-state index contributed by atoms with van der Waals surface area (Å²) in [6.07, 6.45) is 3.05. The summed E-state index contributed by atoms with van der Waals surface area (Å²) in [5.74, 6) is -1.05. The van der Waals surface area contributed by atoms with Crippen molar-refractivity contribution in [1.29, 1.82) is 0 Å². The van der Waals surface area contributed by atoms with Gasteiger partial charge in [0, 0.05) is 12.1 Å². The number of carbonyl (C=O) groups is 2. The molecule has 1 aromatic carbocycles. The van der Waals surface area contributed by atoms with Gasteiger partial charge >= 0.3 is 5.97 Å². The smallest absolute Gasteiger partial charge is 0.310 e. The quantitative estimate of drug-likeness (QED) is 0.886. The number of benzene rings is 1. The average Bonchev–Trinajstić information content (AvgIpc) is 2.85. The van der Waals surface area contributed by atoms with Crippen LogP contribution >= 0.6 is 0 Å². The number of carboxylic acid groups (broad SMARTS) is 1. The molecule has 0 spiro atoms. The van der Waals surface area contributed by atoms with Crippen LogP contribution in [0.25, 0.3) is 0 Å². The van der Waals surface area contributed by atoms with Crippen LogP contribution in [0.3, 0.4) is 0 Å². The molecule has 1 aliphatic carbocycles. The molecule has 1 saturated carbocycles. The zero-order chi connectivity index (χ0) is 14.8. The number of anilines is 1. The summed E-state index contributed by atoms with van der Waals surface area (Å²) >= 11 is 0. The summed E-state index contributed by atoms with van der Waals surface area (Å²) in [7, 11) is 0. The fourth-order valence-corrected chi connectivity index (χ4v) is 2.91. The maximum absolute atomic E-state index is 12.2. The van der Waals surface area contributed by atoms with Crippen LogP contribution in [0.2, 0.25) is 0 Å². The molecule has 0 radical (unpaired) electrons. The van der Waals surface area contributed by atoms with Gasteiger partial charge in [0.15, 0.2) is 0 Å². The van der Waals surface area contributed by atoms with E-state index in [0.717, 1.165) is 29.7 Å². The Morgan fingerprint density at radius 2 is 1.90 bits per heavy atom. The Hall–Kier alpha value is -1.84. The maximum Gasteiger partial charge on any atom is 0.310 e. The highest BCUT2D eigenvalue weighted by atomic mass is 16.4. The molecule has 1 fully saturated rings. The molecule has 0 unspecified atom stereocenters. The fourth-order valence-electron chi connectivity index (χ4n) is 2.91. The summed E-state index contributed by atoms with van der Waals surface area (Å²) in [4.78, 5) is 23.6. The van der Waals surface area contributed by atoms with E-state index in [1.807, 2.05) is 32.0 Å². The standard InChI is InChI=1S/C16H21NO3/c1-11-6-5-7-13(12(11)2)17-14(18)10-16(15(19)20)8-3-4-9-16/h5-7H,3-4,8-10H2,1-2H3,(H,17,18)(H,19,20). The summed E-state index contributed by atoms with van der Waals surface area (Å²) in [5.41, 5.74) is 2.05. The molecule has 0 atom stereocenters. The number of rotatable bonds is 4. The monoisotopic (exact) mass is 275 g/mol. The second-order valence-electron chi connectivity index (χ2n) is 5.77. The third-order valence-electron chi connectivity index (χ3n) is 4.39. The third kappa shape index (κ3) is 2.84. The van der Waals surface area contributed by atoms with Gasteiger partial charge < -0.3 is 10.4 Å². The molecule has 1 aromatic rings. The Balaban J connectivity index is 2.09. The average molecular weight is 275 g/mol. The zero-order valence-electron chi connectivity index (χ0n) is 12.0. The molecule has 4 heteroatoms. The van der Waals surface area contributed by atoms with Crippen LogP contribution in [0.1, 0.15) is 43.2 Å². The van der Waals surface area contributed by atoms with Crippen LogP contribution in [0.4, 0.5) is 5.69 Å². The van der Waals surface area contributed by atoms with Gasteiger partial charge in [-0.3, -0.25) is 9.59 Å². The Bertz CT molecular complexity index is 531. The van der Waals surface area contributed by atoms with Crippen molar-refractivity contribution >= 4 is 17.6 Å². The first-order valence-corrected chi connectivity index (χ1v) is 7.04. The van der Waals surface area contributed by atoms with Crippen LogP contribution < -0.4 is 5.32 Å². The van der Waals surface area contributed by atoms with Gasteiger partial charge in [0.05, 0.1) is 5.41 Å². The van der Waals surface area contributed by atoms with Crippen LogP contribution in [0.15, 0.2) is 18.2 Å². The van der Waals surface area contributed by atoms with Gasteiger partial charge in [0.2, 0.25) is 5.91 Å². The van der Waals surface area contributed by atoms with Crippen molar-refractivity contribution in [1.82, 2.24) is 0 Å². The van der Waals surface area contributed by atoms with E-state index >= 15 is 0 Å². The molecule has 0 saturated heterocycles. The zero-order valence-corrected chi connectivity index (χ0v) is 12.0. The molecular weight excluding hydrogens is 254 g/mol. The third-order valence-corrected chi connectivity index (χ3v) is 4.39. The number of nitrogens with one attached hydrogen (secondary N) is 1. The van der Waals surface area contributed by atoms with Crippen LogP contribution in [0.5, 0.6) is 0 Å². The van der Waals surface area contributed by atoms with Crippen molar-refractivity contribution in [3.05, 3.63) is 29.3 Å². The molecule has 1 amide bonds. The fraction of sp³-hybridized carbons (Fsp3) is 0.500. The first-order valence-electron chi connectivity index (χ1n) is 7.04. The van der Waals surface area contributed by atoms with Gasteiger partial charge in [-0.25, -0.2) is 0 Å². The highest BCUT2D eigenvalue weighted by Gasteiger charge is 2.42. The molecule has 2 rings (SSSR count). The van der Waals surface area contributed by atoms with Crippen LogP contribution in [-0.2, 0) is 9.59 Å². The van der Waals surface area contributed by atoms with Crippen LogP contribution in [-0.4, -0.2) is 17.0 Å². The largest absolute Gasteiger partial charge is 0.481 e. The lowest BCUT2D eigenvalue weighted by Crippen LogP contribution is -2.32. The van der Waals surface area contributed by atoms with Crippen LogP contribution in [0, 0.1) is 19.3 Å². The molecule has 0 heterocycles. The van der Waals surface area contributed by atoms with Crippen molar-refractivity contribution in [3.63, 3.8) is 0 Å². The minimum atomic E-state index is -0.859. The molecular formula is C16H21NO3. The van der Waals surface area contributed by atoms with Gasteiger partial charge in [-0.05, 0) is 43.9 Å². The highest BCUT2D eigenvalue weighted by Crippen LogP contribution is 2.41. The number of carbonyl (C=O) groups excluding carboxylic acids is 1. The SMILES string of the molecule is Cc1cccc(NC(=O)CC2(C(=O)O)CCCC2)c1C. The van der Waals surface area contributed by atoms with E-state index in [0.29, 0.717) is 12.8 Å². The van der Waals surface area contributed by atoms with Gasteiger partial charge in [-0.2, -0.15) is 0 Å². The van der Waals surface area contributed by atoms with E-state index in [-0.39, 0.29) is 12.3 Å². The Kier molecular flexibility index (Phi) is 4.12. The van der Waals surface area contributed by atoms with E-state index in [1.54, 1.807) is 0 Å². The van der Waals surface area contributed by atoms with Crippen molar-refractivity contribution in [2.24, 2.45) is 5.41 Å². The van der Waals surface area contributed by atoms with E-state index in [2.05, 4.69) is 5.32 Å². The second kappa shape index (κ2) is 5.65. The number of aliphatic carboxylic acids is 1. The van der Waals surface area contributed by atoms with Crippen molar-refractivity contribution in [3.8, 4) is 0 Å². The lowest BCUT2D eigenvalue weighted by molar-refractivity contribution is -0.150. The minimum Gasteiger partial charge on any atom is -0.481 e. The summed E-state index contributed by atoms with van der Waals surface area (Å²) in [6, 6.07) is 5.73. The minimum absolute atomic E-state index is 0.0652. The molecule has 1 aliphatic rings. The van der Waals surface area contributed by atoms with Gasteiger partial charge in [-0.15, -0.1) is 0 Å². The first kappa shape index (κ1) is 14.6. The lowest BCUT2D eigenvalue weighted by atomic mass is 9.82. The summed E-state index contributed by atoms with van der Waals surface area (Å²) in [5, 5.41) is 12.3. The van der Waals surface area contributed by atoms with Gasteiger partial charge in [0.1, 0.15) is 0 Å². The van der Waals surface area contributed by atoms with Crippen molar-refractivity contribution in [2.75, 3.05) is 5.32 Å². The lowest BCUT2D eigenvalue weighted by Gasteiger charge is -2.23.